The van der Waals surface area contributed by atoms with E-state index < -0.39 is 0 Å². The molecule has 0 spiro atoms. The van der Waals surface area contributed by atoms with Crippen molar-refractivity contribution in [2.75, 3.05) is 13.2 Å². The van der Waals surface area contributed by atoms with Crippen LogP contribution in [0.3, 0.4) is 0 Å². The summed E-state index contributed by atoms with van der Waals surface area (Å²) in [5, 5.41) is 0. The summed E-state index contributed by atoms with van der Waals surface area (Å²) in [4.78, 5) is 0. The number of aryl methyl sites for hydroxylation is 3. The first kappa shape index (κ1) is 23.9. The van der Waals surface area contributed by atoms with Gasteiger partial charge in [0.15, 0.2) is 22.5 Å². The van der Waals surface area contributed by atoms with Gasteiger partial charge in [0, 0.05) is 0 Å². The van der Waals surface area contributed by atoms with Crippen molar-refractivity contribution in [3.63, 3.8) is 0 Å². The molecule has 0 aliphatic carbocycles. The molecule has 3 aromatic carbocycles. The predicted molar refractivity (Wildman–Crippen MR) is 125 cm³/mol. The molecule has 0 amide bonds. The third-order valence-electron chi connectivity index (χ3n) is 5.69. The molecule has 32 heavy (non-hydrogen) atoms. The third-order valence-corrected chi connectivity index (χ3v) is 5.69. The van der Waals surface area contributed by atoms with Gasteiger partial charge in [-0.3, -0.25) is 0 Å². The maximum absolute atomic E-state index is 6.07. The lowest BCUT2D eigenvalue weighted by Gasteiger charge is -2.10. The molecule has 5 heteroatoms. The van der Waals surface area contributed by atoms with Crippen molar-refractivity contribution in [3.8, 4) is 11.5 Å². The summed E-state index contributed by atoms with van der Waals surface area (Å²) >= 11 is 0. The minimum Gasteiger partial charge on any atom is -1.00 e. The van der Waals surface area contributed by atoms with Gasteiger partial charge in [-0.15, -0.1) is 0 Å². The van der Waals surface area contributed by atoms with Crippen LogP contribution in [0.4, 0.5) is 0 Å². The summed E-state index contributed by atoms with van der Waals surface area (Å²) in [7, 11) is 0. The van der Waals surface area contributed by atoms with E-state index in [2.05, 4.69) is 72.6 Å². The van der Waals surface area contributed by atoms with Gasteiger partial charge < -0.3 is 26.5 Å². The number of hydrogen-bond acceptors (Lipinski definition) is 2. The van der Waals surface area contributed by atoms with E-state index in [4.69, 9.17) is 9.47 Å². The Kier molecular flexibility index (Phi) is 7.97. The smallest absolute Gasteiger partial charge is 0.245 e. The fraction of sp³-hybridized carbons (Fsp3) is 0.296. The summed E-state index contributed by atoms with van der Waals surface area (Å²) in [6.45, 7) is 11.4. The summed E-state index contributed by atoms with van der Waals surface area (Å²) in [5.74, 6) is 1.59. The van der Waals surface area contributed by atoms with E-state index in [1.165, 1.54) is 33.3 Å². The lowest BCUT2D eigenvalue weighted by molar-refractivity contribution is -0.663. The summed E-state index contributed by atoms with van der Waals surface area (Å²) in [5.41, 5.74) is 7.84. The number of ether oxygens (including phenoxy) is 2. The minimum absolute atomic E-state index is 0. The molecule has 4 rings (SSSR count). The van der Waals surface area contributed by atoms with Crippen molar-refractivity contribution in [2.45, 2.75) is 40.8 Å². The standard InChI is InChI=1S/C27H31N2O2.BrH/c1-5-30-26-12-8-9-13-27(26)31-15-14-28-19-29(25-11-7-6-10-24(25)28)18-23-21(3)16-20(2)17-22(23)4;/h6-13,16-17,19H,5,14-15,18H2,1-4H3;1H/q+1;/p-1. The summed E-state index contributed by atoms with van der Waals surface area (Å²) < 4.78 is 16.4. The van der Waals surface area contributed by atoms with Gasteiger partial charge in [0.25, 0.3) is 0 Å². The van der Waals surface area contributed by atoms with Crippen LogP contribution in [0.15, 0.2) is 67.0 Å². The van der Waals surface area contributed by atoms with Gasteiger partial charge in [-0.1, -0.05) is 42.0 Å². The van der Waals surface area contributed by atoms with Gasteiger partial charge >= 0.3 is 0 Å². The van der Waals surface area contributed by atoms with Crippen LogP contribution < -0.4 is 31.0 Å². The molecule has 1 aromatic heterocycles. The zero-order valence-corrected chi connectivity index (χ0v) is 20.9. The number of benzene rings is 3. The van der Waals surface area contributed by atoms with Gasteiger partial charge in [0.2, 0.25) is 6.33 Å². The molecule has 0 saturated carbocycles. The Morgan fingerprint density at radius 3 is 2.16 bits per heavy atom. The minimum atomic E-state index is 0. The Bertz CT molecular complexity index is 1180. The van der Waals surface area contributed by atoms with Gasteiger partial charge in [0.05, 0.1) is 6.61 Å². The Morgan fingerprint density at radius 2 is 1.47 bits per heavy atom. The molecule has 168 valence electrons. The van der Waals surface area contributed by atoms with Gasteiger partial charge in [0.1, 0.15) is 19.7 Å². The van der Waals surface area contributed by atoms with Crippen LogP contribution >= 0.6 is 0 Å². The lowest BCUT2D eigenvalue weighted by Crippen LogP contribution is -3.00. The number of hydrogen-bond donors (Lipinski definition) is 0. The number of aromatic nitrogens is 2. The number of fused-ring (bicyclic) bond motifs is 1. The van der Waals surface area contributed by atoms with Crippen molar-refractivity contribution >= 4 is 11.0 Å². The molecule has 0 aliphatic heterocycles. The second-order valence-electron chi connectivity index (χ2n) is 8.03. The molecule has 0 unspecified atom stereocenters. The van der Waals surface area contributed by atoms with Crippen LogP contribution in [-0.4, -0.2) is 17.8 Å². The summed E-state index contributed by atoms with van der Waals surface area (Å²) in [6.07, 6.45) is 2.21. The average Bonchev–Trinajstić information content (AvgIpc) is 3.10. The van der Waals surface area contributed by atoms with Gasteiger partial charge in [-0.05, 0) is 68.7 Å². The Labute approximate surface area is 201 Å². The van der Waals surface area contributed by atoms with E-state index in [1.54, 1.807) is 0 Å². The number of nitrogens with zero attached hydrogens (tertiary/aromatic N) is 2. The molecule has 0 fully saturated rings. The topological polar surface area (TPSA) is 27.3 Å². The second-order valence-corrected chi connectivity index (χ2v) is 8.03. The molecule has 0 N–H and O–H groups in total. The highest BCUT2D eigenvalue weighted by Crippen LogP contribution is 2.26. The van der Waals surface area contributed by atoms with E-state index in [9.17, 15) is 0 Å². The zero-order valence-electron chi connectivity index (χ0n) is 19.3. The van der Waals surface area contributed by atoms with Crippen LogP contribution in [0.5, 0.6) is 11.5 Å². The van der Waals surface area contributed by atoms with Crippen LogP contribution in [0.1, 0.15) is 29.2 Å². The van der Waals surface area contributed by atoms with Crippen molar-refractivity contribution in [3.05, 3.63) is 89.2 Å². The molecule has 0 radical (unpaired) electrons. The number of para-hydroxylation sites is 4. The van der Waals surface area contributed by atoms with Crippen molar-refractivity contribution in [2.24, 2.45) is 0 Å². The van der Waals surface area contributed by atoms with Gasteiger partial charge in [-0.2, -0.15) is 0 Å². The van der Waals surface area contributed by atoms with Crippen molar-refractivity contribution in [1.82, 2.24) is 4.57 Å². The molecular formula is C27H31BrN2O2. The highest BCUT2D eigenvalue weighted by Gasteiger charge is 2.17. The molecule has 0 bridgehead atoms. The van der Waals surface area contributed by atoms with Crippen LogP contribution in [-0.2, 0) is 13.1 Å². The quantitative estimate of drug-likeness (QED) is 0.351. The Balaban J connectivity index is 0.00000289. The van der Waals surface area contributed by atoms with E-state index in [1.807, 2.05) is 31.2 Å². The first-order valence-corrected chi connectivity index (χ1v) is 11.0. The molecular weight excluding hydrogens is 464 g/mol. The highest BCUT2D eigenvalue weighted by atomic mass is 79.9. The van der Waals surface area contributed by atoms with Crippen LogP contribution in [0, 0.1) is 20.8 Å². The zero-order chi connectivity index (χ0) is 21.8. The molecule has 0 aliphatic rings. The first-order valence-electron chi connectivity index (χ1n) is 11.0. The fourth-order valence-corrected chi connectivity index (χ4v) is 4.27. The Morgan fingerprint density at radius 1 is 0.844 bits per heavy atom. The number of rotatable bonds is 8. The lowest BCUT2D eigenvalue weighted by atomic mass is 10.00. The average molecular weight is 495 g/mol. The van der Waals surface area contributed by atoms with E-state index >= 15 is 0 Å². The number of imidazole rings is 1. The van der Waals surface area contributed by atoms with Crippen LogP contribution in [0.2, 0.25) is 0 Å². The van der Waals surface area contributed by atoms with Crippen molar-refractivity contribution in [1.29, 1.82) is 0 Å². The highest BCUT2D eigenvalue weighted by molar-refractivity contribution is 5.71. The normalized spacial score (nSPS) is 10.8. The maximum atomic E-state index is 6.07. The SMILES string of the molecule is CCOc1ccccc1OCCn1c[n+](Cc2c(C)cc(C)cc2C)c2ccccc21.[Br-]. The van der Waals surface area contributed by atoms with E-state index in [0.29, 0.717) is 13.2 Å². The molecule has 0 atom stereocenters. The molecule has 1 heterocycles. The second kappa shape index (κ2) is 10.7. The fourth-order valence-electron chi connectivity index (χ4n) is 4.27. The Hall–Kier alpha value is -2.79. The van der Waals surface area contributed by atoms with Crippen molar-refractivity contribution < 1.29 is 31.0 Å². The van der Waals surface area contributed by atoms with E-state index in [0.717, 1.165) is 24.6 Å². The summed E-state index contributed by atoms with van der Waals surface area (Å²) in [6, 6.07) is 21.0. The van der Waals surface area contributed by atoms with Gasteiger partial charge in [-0.25, -0.2) is 9.13 Å². The predicted octanol–water partition coefficient (Wildman–Crippen LogP) is 2.38. The number of halogens is 1. The van der Waals surface area contributed by atoms with Crippen LogP contribution in [0.25, 0.3) is 11.0 Å². The molecule has 4 aromatic rings. The third kappa shape index (κ3) is 5.16. The monoisotopic (exact) mass is 494 g/mol. The van der Waals surface area contributed by atoms with E-state index in [-0.39, 0.29) is 17.0 Å². The maximum Gasteiger partial charge on any atom is 0.245 e. The largest absolute Gasteiger partial charge is 1.00 e. The molecule has 4 nitrogen and oxygen atoms in total. The molecule has 0 saturated heterocycles. The first-order chi connectivity index (χ1) is 15.1.